The third-order valence-corrected chi connectivity index (χ3v) is 4.18. The van der Waals surface area contributed by atoms with Crippen molar-refractivity contribution in [3.8, 4) is 0 Å². The first-order valence-electron chi connectivity index (χ1n) is 6.50. The van der Waals surface area contributed by atoms with Gasteiger partial charge in [0, 0.05) is 5.54 Å². The minimum Gasteiger partial charge on any atom is -0.444 e. The molecule has 0 aromatic heterocycles. The van der Waals surface area contributed by atoms with E-state index in [4.69, 9.17) is 10.5 Å². The number of nitrogens with one attached hydrogen (secondary N) is 1. The molecule has 0 aliphatic heterocycles. The average Bonchev–Trinajstić information content (AvgIpc) is 2.70. The number of hydrogen-bond acceptors (Lipinski definition) is 3. The summed E-state index contributed by atoms with van der Waals surface area (Å²) in [7, 11) is 0. The molecule has 0 spiro atoms. The van der Waals surface area contributed by atoms with Gasteiger partial charge in [0.05, 0.1) is 0 Å². The minimum absolute atomic E-state index is 0.0400. The van der Waals surface area contributed by atoms with Crippen molar-refractivity contribution >= 4 is 6.09 Å². The summed E-state index contributed by atoms with van der Waals surface area (Å²) in [6.45, 7) is 6.40. The van der Waals surface area contributed by atoms with Gasteiger partial charge in [0.1, 0.15) is 5.60 Å². The largest absolute Gasteiger partial charge is 0.444 e. The first kappa shape index (κ1) is 12.7. The van der Waals surface area contributed by atoms with Gasteiger partial charge < -0.3 is 15.8 Å². The summed E-state index contributed by atoms with van der Waals surface area (Å²) < 4.78 is 5.33. The molecule has 3 N–H and O–H groups in total. The molecule has 0 aromatic carbocycles. The molecule has 2 saturated carbocycles. The summed E-state index contributed by atoms with van der Waals surface area (Å²) in [5.41, 5.74) is 5.67. The van der Waals surface area contributed by atoms with Crippen molar-refractivity contribution in [2.75, 3.05) is 6.54 Å². The Labute approximate surface area is 103 Å². The van der Waals surface area contributed by atoms with Gasteiger partial charge in [-0.2, -0.15) is 0 Å². The van der Waals surface area contributed by atoms with Crippen molar-refractivity contribution < 1.29 is 9.53 Å². The SMILES string of the molecule is CC(C)(C)OC(=O)NC12CCC(CN)(CC1)C2. The number of amides is 1. The molecule has 0 saturated heterocycles. The molecule has 2 fully saturated rings. The maximum absolute atomic E-state index is 11.8. The maximum atomic E-state index is 11.8. The Kier molecular flexibility index (Phi) is 2.89. The number of nitrogens with two attached hydrogens (primary N) is 1. The van der Waals surface area contributed by atoms with Crippen molar-refractivity contribution in [1.29, 1.82) is 0 Å². The minimum atomic E-state index is -0.428. The Morgan fingerprint density at radius 2 is 1.88 bits per heavy atom. The van der Waals surface area contributed by atoms with Gasteiger partial charge in [-0.1, -0.05) is 0 Å². The summed E-state index contributed by atoms with van der Waals surface area (Å²) in [6, 6.07) is 0. The van der Waals surface area contributed by atoms with Gasteiger partial charge in [-0.25, -0.2) is 4.79 Å². The molecule has 2 aliphatic rings. The Balaban J connectivity index is 1.95. The van der Waals surface area contributed by atoms with E-state index in [1.165, 1.54) is 0 Å². The van der Waals surface area contributed by atoms with Crippen molar-refractivity contribution in [3.63, 3.8) is 0 Å². The van der Waals surface area contributed by atoms with Gasteiger partial charge >= 0.3 is 6.09 Å². The fourth-order valence-electron chi connectivity index (χ4n) is 3.30. The standard InChI is InChI=1S/C13H24N2O2/c1-11(2,3)17-10(16)15-13-6-4-12(8-13,9-14)5-7-13/h4-9,14H2,1-3H3,(H,15,16). The van der Waals surface area contributed by atoms with Gasteiger partial charge in [0.15, 0.2) is 0 Å². The topological polar surface area (TPSA) is 64.3 Å². The van der Waals surface area contributed by atoms with Crippen LogP contribution in [0.15, 0.2) is 0 Å². The molecule has 1 amide bonds. The van der Waals surface area contributed by atoms with Crippen LogP contribution in [0, 0.1) is 5.41 Å². The average molecular weight is 240 g/mol. The normalized spacial score (nSPS) is 36.0. The lowest BCUT2D eigenvalue weighted by Gasteiger charge is -2.30. The van der Waals surface area contributed by atoms with Crippen LogP contribution in [-0.4, -0.2) is 23.8 Å². The van der Waals surface area contributed by atoms with Crippen LogP contribution in [0.5, 0.6) is 0 Å². The molecule has 0 radical (unpaired) electrons. The lowest BCUT2D eigenvalue weighted by molar-refractivity contribution is 0.0458. The predicted molar refractivity (Wildman–Crippen MR) is 66.7 cm³/mol. The number of carbonyl (C=O) groups is 1. The summed E-state index contributed by atoms with van der Waals surface area (Å²) in [5, 5.41) is 3.08. The third kappa shape index (κ3) is 2.57. The molecule has 17 heavy (non-hydrogen) atoms. The Morgan fingerprint density at radius 3 is 2.29 bits per heavy atom. The van der Waals surface area contributed by atoms with E-state index in [1.54, 1.807) is 0 Å². The quantitative estimate of drug-likeness (QED) is 0.777. The first-order valence-corrected chi connectivity index (χ1v) is 6.50. The molecule has 2 aliphatic carbocycles. The Morgan fingerprint density at radius 1 is 1.29 bits per heavy atom. The lowest BCUT2D eigenvalue weighted by atomic mass is 9.84. The zero-order valence-corrected chi connectivity index (χ0v) is 11.1. The second-order valence-electron chi connectivity index (χ2n) is 6.79. The van der Waals surface area contributed by atoms with E-state index in [9.17, 15) is 4.79 Å². The van der Waals surface area contributed by atoms with Crippen LogP contribution in [-0.2, 0) is 4.74 Å². The Hall–Kier alpha value is -0.770. The van der Waals surface area contributed by atoms with Crippen molar-refractivity contribution in [2.45, 2.75) is 64.0 Å². The zero-order chi connectivity index (χ0) is 12.7. The predicted octanol–water partition coefficient (Wildman–Crippen LogP) is 2.17. The van der Waals surface area contributed by atoms with Gasteiger partial charge in [-0.05, 0) is 64.8 Å². The molecule has 2 bridgehead atoms. The van der Waals surface area contributed by atoms with Gasteiger partial charge in [-0.3, -0.25) is 0 Å². The van der Waals surface area contributed by atoms with E-state index in [-0.39, 0.29) is 17.0 Å². The third-order valence-electron chi connectivity index (χ3n) is 4.18. The number of rotatable bonds is 2. The molecule has 0 unspecified atom stereocenters. The summed E-state index contributed by atoms with van der Waals surface area (Å²) in [6.07, 6.45) is 5.11. The molecule has 2 rings (SSSR count). The highest BCUT2D eigenvalue weighted by atomic mass is 16.6. The number of ether oxygens (including phenoxy) is 1. The molecule has 4 nitrogen and oxygen atoms in total. The molecule has 98 valence electrons. The van der Waals surface area contributed by atoms with Crippen LogP contribution in [0.2, 0.25) is 0 Å². The van der Waals surface area contributed by atoms with Crippen LogP contribution in [0.25, 0.3) is 0 Å². The summed E-state index contributed by atoms with van der Waals surface area (Å²) in [5.74, 6) is 0. The van der Waals surface area contributed by atoms with Crippen LogP contribution < -0.4 is 11.1 Å². The van der Waals surface area contributed by atoms with E-state index in [1.807, 2.05) is 20.8 Å². The molecular formula is C13H24N2O2. The van der Waals surface area contributed by atoms with Crippen LogP contribution in [0.3, 0.4) is 0 Å². The summed E-state index contributed by atoms with van der Waals surface area (Å²) in [4.78, 5) is 11.8. The van der Waals surface area contributed by atoms with Gasteiger partial charge in [0.2, 0.25) is 0 Å². The van der Waals surface area contributed by atoms with Crippen molar-refractivity contribution in [1.82, 2.24) is 5.32 Å². The lowest BCUT2D eigenvalue weighted by Crippen LogP contribution is -2.47. The maximum Gasteiger partial charge on any atom is 0.408 e. The summed E-state index contributed by atoms with van der Waals surface area (Å²) >= 11 is 0. The van der Waals surface area contributed by atoms with E-state index in [0.29, 0.717) is 0 Å². The molecule has 0 heterocycles. The fraction of sp³-hybridized carbons (Fsp3) is 0.923. The van der Waals surface area contributed by atoms with Gasteiger partial charge in [0.25, 0.3) is 0 Å². The van der Waals surface area contributed by atoms with E-state index in [2.05, 4.69) is 5.32 Å². The van der Waals surface area contributed by atoms with E-state index >= 15 is 0 Å². The molecule has 0 aromatic rings. The number of hydrogen-bond donors (Lipinski definition) is 2. The van der Waals surface area contributed by atoms with Crippen LogP contribution in [0.1, 0.15) is 52.9 Å². The highest BCUT2D eigenvalue weighted by Gasteiger charge is 2.54. The van der Waals surface area contributed by atoms with Crippen LogP contribution >= 0.6 is 0 Å². The highest BCUT2D eigenvalue weighted by molar-refractivity contribution is 5.69. The van der Waals surface area contributed by atoms with Crippen molar-refractivity contribution in [3.05, 3.63) is 0 Å². The highest BCUT2D eigenvalue weighted by Crippen LogP contribution is 2.55. The van der Waals surface area contributed by atoms with Gasteiger partial charge in [-0.15, -0.1) is 0 Å². The number of fused-ring (bicyclic) bond motifs is 2. The monoisotopic (exact) mass is 240 g/mol. The van der Waals surface area contributed by atoms with Crippen LogP contribution in [0.4, 0.5) is 4.79 Å². The van der Waals surface area contributed by atoms with E-state index < -0.39 is 5.60 Å². The first-order chi connectivity index (χ1) is 7.78. The molecular weight excluding hydrogens is 216 g/mol. The zero-order valence-electron chi connectivity index (χ0n) is 11.1. The fourth-order valence-corrected chi connectivity index (χ4v) is 3.30. The molecule has 4 heteroatoms. The second-order valence-corrected chi connectivity index (χ2v) is 6.79. The molecule has 0 atom stereocenters. The second kappa shape index (κ2) is 3.87. The van der Waals surface area contributed by atoms with Crippen molar-refractivity contribution in [2.24, 2.45) is 11.1 Å². The smallest absolute Gasteiger partial charge is 0.408 e. The number of carbonyl (C=O) groups excluding carboxylic acids is 1. The number of alkyl carbamates (subject to hydrolysis) is 1. The van der Waals surface area contributed by atoms with E-state index in [0.717, 1.165) is 38.6 Å². The Bertz CT molecular complexity index is 312.